The molecule has 1 aliphatic carbocycles. The molecule has 1 saturated carbocycles. The Kier molecular flexibility index (Phi) is 5.46. The van der Waals surface area contributed by atoms with Crippen LogP contribution < -0.4 is 5.32 Å². The van der Waals surface area contributed by atoms with Gasteiger partial charge in [-0.2, -0.15) is 0 Å². The monoisotopic (exact) mass is 328 g/mol. The Morgan fingerprint density at radius 3 is 2.75 bits per heavy atom. The van der Waals surface area contributed by atoms with Crippen molar-refractivity contribution in [1.29, 1.82) is 0 Å². The van der Waals surface area contributed by atoms with Crippen molar-refractivity contribution in [2.24, 2.45) is 0 Å². The van der Waals surface area contributed by atoms with Crippen LogP contribution >= 0.6 is 0 Å². The van der Waals surface area contributed by atoms with Crippen molar-refractivity contribution in [3.8, 4) is 0 Å². The first kappa shape index (κ1) is 16.5. The van der Waals surface area contributed by atoms with E-state index in [9.17, 15) is 4.79 Å². The van der Waals surface area contributed by atoms with Crippen LogP contribution in [0.4, 0.5) is 4.79 Å². The summed E-state index contributed by atoms with van der Waals surface area (Å²) in [6.45, 7) is 2.20. The van der Waals surface area contributed by atoms with Gasteiger partial charge in [-0.05, 0) is 25.3 Å². The minimum absolute atomic E-state index is 0.135. The van der Waals surface area contributed by atoms with Crippen LogP contribution in [-0.4, -0.2) is 27.5 Å². The van der Waals surface area contributed by atoms with Gasteiger partial charge < -0.3 is 10.1 Å². The number of carbonyl (C=O) groups excluding carboxylic acids is 1. The standard InChI is InChI=1S/C18H24N4O2/c1-13-7-9-14(10-8-13)11-16-17(21-22-20-16)12-24-18(23)19-15-5-3-2-4-6-15/h7-10,15H,2-6,11-12H2,1H3,(H,19,23)(H,20,21,22). The van der Waals surface area contributed by atoms with Gasteiger partial charge in [0.25, 0.3) is 0 Å². The molecule has 1 fully saturated rings. The average molecular weight is 328 g/mol. The molecular formula is C18H24N4O2. The number of ether oxygens (including phenoxy) is 1. The molecule has 0 unspecified atom stereocenters. The highest BCUT2D eigenvalue weighted by Gasteiger charge is 2.17. The third-order valence-electron chi connectivity index (χ3n) is 4.47. The number of aryl methyl sites for hydroxylation is 1. The summed E-state index contributed by atoms with van der Waals surface area (Å²) >= 11 is 0. The van der Waals surface area contributed by atoms with Crippen molar-refractivity contribution >= 4 is 6.09 Å². The Morgan fingerprint density at radius 2 is 2.00 bits per heavy atom. The van der Waals surface area contributed by atoms with E-state index in [0.29, 0.717) is 12.1 Å². The summed E-state index contributed by atoms with van der Waals surface area (Å²) in [5.41, 5.74) is 3.95. The Hall–Kier alpha value is -2.37. The van der Waals surface area contributed by atoms with E-state index in [1.807, 2.05) is 0 Å². The lowest BCUT2D eigenvalue weighted by Crippen LogP contribution is -2.36. The Morgan fingerprint density at radius 1 is 1.25 bits per heavy atom. The van der Waals surface area contributed by atoms with E-state index in [1.54, 1.807) is 0 Å². The van der Waals surface area contributed by atoms with Crippen molar-refractivity contribution in [3.63, 3.8) is 0 Å². The molecule has 0 atom stereocenters. The Labute approximate surface area is 142 Å². The Balaban J connectivity index is 1.51. The molecule has 6 heteroatoms. The zero-order valence-corrected chi connectivity index (χ0v) is 14.0. The zero-order chi connectivity index (χ0) is 16.8. The average Bonchev–Trinajstić information content (AvgIpc) is 3.03. The summed E-state index contributed by atoms with van der Waals surface area (Å²) in [4.78, 5) is 11.9. The molecule has 128 valence electrons. The molecule has 0 spiro atoms. The predicted octanol–water partition coefficient (Wildman–Crippen LogP) is 3.26. The van der Waals surface area contributed by atoms with Gasteiger partial charge in [-0.3, -0.25) is 5.10 Å². The fraction of sp³-hybridized carbons (Fsp3) is 0.500. The SMILES string of the molecule is Cc1ccc(Cc2[nH]nnc2COC(=O)NC2CCCCC2)cc1. The second kappa shape index (κ2) is 7.95. The van der Waals surface area contributed by atoms with E-state index in [0.717, 1.165) is 18.5 Å². The molecule has 1 aromatic carbocycles. The molecule has 0 bridgehead atoms. The van der Waals surface area contributed by atoms with Crippen molar-refractivity contribution in [3.05, 3.63) is 46.8 Å². The molecule has 0 aliphatic heterocycles. The van der Waals surface area contributed by atoms with Gasteiger partial charge in [0.2, 0.25) is 0 Å². The third kappa shape index (κ3) is 4.57. The van der Waals surface area contributed by atoms with Crippen LogP contribution in [0.15, 0.2) is 24.3 Å². The molecule has 1 aromatic heterocycles. The van der Waals surface area contributed by atoms with E-state index >= 15 is 0 Å². The third-order valence-corrected chi connectivity index (χ3v) is 4.47. The van der Waals surface area contributed by atoms with Crippen LogP contribution in [0.2, 0.25) is 0 Å². The number of benzene rings is 1. The van der Waals surface area contributed by atoms with Gasteiger partial charge in [0.1, 0.15) is 12.3 Å². The van der Waals surface area contributed by atoms with Gasteiger partial charge in [-0.1, -0.05) is 54.3 Å². The summed E-state index contributed by atoms with van der Waals surface area (Å²) < 4.78 is 5.31. The topological polar surface area (TPSA) is 79.9 Å². The molecule has 6 nitrogen and oxygen atoms in total. The lowest BCUT2D eigenvalue weighted by molar-refractivity contribution is 0.131. The number of amides is 1. The molecule has 3 rings (SSSR count). The highest BCUT2D eigenvalue weighted by Crippen LogP contribution is 2.17. The fourth-order valence-corrected chi connectivity index (χ4v) is 3.03. The number of H-pyrrole nitrogens is 1. The number of hydrogen-bond acceptors (Lipinski definition) is 4. The van der Waals surface area contributed by atoms with E-state index < -0.39 is 0 Å². The summed E-state index contributed by atoms with van der Waals surface area (Å²) in [6, 6.07) is 8.56. The first-order chi connectivity index (χ1) is 11.7. The van der Waals surface area contributed by atoms with E-state index in [-0.39, 0.29) is 18.7 Å². The normalized spacial score (nSPS) is 15.2. The Bertz CT molecular complexity index is 660. The molecule has 0 saturated heterocycles. The van der Waals surface area contributed by atoms with Gasteiger partial charge in [0, 0.05) is 12.5 Å². The largest absolute Gasteiger partial charge is 0.443 e. The predicted molar refractivity (Wildman–Crippen MR) is 90.6 cm³/mol. The molecule has 2 aromatic rings. The van der Waals surface area contributed by atoms with Crippen LogP contribution in [0.25, 0.3) is 0 Å². The number of alkyl carbamates (subject to hydrolysis) is 1. The molecule has 1 aliphatic rings. The van der Waals surface area contributed by atoms with Gasteiger partial charge >= 0.3 is 6.09 Å². The number of nitrogens with one attached hydrogen (secondary N) is 2. The molecule has 0 radical (unpaired) electrons. The molecule has 24 heavy (non-hydrogen) atoms. The maximum Gasteiger partial charge on any atom is 0.407 e. The van der Waals surface area contributed by atoms with E-state index in [1.165, 1.54) is 30.4 Å². The first-order valence-corrected chi connectivity index (χ1v) is 8.58. The summed E-state index contributed by atoms with van der Waals surface area (Å²) in [6.07, 6.45) is 6.01. The van der Waals surface area contributed by atoms with Crippen molar-refractivity contribution < 1.29 is 9.53 Å². The first-order valence-electron chi connectivity index (χ1n) is 8.58. The van der Waals surface area contributed by atoms with E-state index in [2.05, 4.69) is 51.9 Å². The summed E-state index contributed by atoms with van der Waals surface area (Å²) in [5.74, 6) is 0. The molecular weight excluding hydrogens is 304 g/mol. The number of nitrogens with zero attached hydrogens (tertiary/aromatic N) is 2. The molecule has 1 heterocycles. The highest BCUT2D eigenvalue weighted by molar-refractivity contribution is 5.67. The fourth-order valence-electron chi connectivity index (χ4n) is 3.03. The van der Waals surface area contributed by atoms with Crippen molar-refractivity contribution in [2.75, 3.05) is 0 Å². The van der Waals surface area contributed by atoms with Gasteiger partial charge in [0.15, 0.2) is 0 Å². The van der Waals surface area contributed by atoms with Gasteiger partial charge in [-0.15, -0.1) is 5.10 Å². The van der Waals surface area contributed by atoms with Crippen molar-refractivity contribution in [2.45, 2.75) is 58.1 Å². The highest BCUT2D eigenvalue weighted by atomic mass is 16.5. The second-order valence-electron chi connectivity index (χ2n) is 6.45. The number of carbonyl (C=O) groups is 1. The number of hydrogen-bond donors (Lipinski definition) is 2. The lowest BCUT2D eigenvalue weighted by atomic mass is 9.96. The van der Waals surface area contributed by atoms with Crippen molar-refractivity contribution in [1.82, 2.24) is 20.7 Å². The van der Waals surface area contributed by atoms with Gasteiger partial charge in [0.05, 0.1) is 5.69 Å². The van der Waals surface area contributed by atoms with Crippen LogP contribution in [0.5, 0.6) is 0 Å². The smallest absolute Gasteiger partial charge is 0.407 e. The number of aromatic amines is 1. The van der Waals surface area contributed by atoms with E-state index in [4.69, 9.17) is 4.74 Å². The lowest BCUT2D eigenvalue weighted by Gasteiger charge is -2.22. The minimum Gasteiger partial charge on any atom is -0.443 e. The maximum absolute atomic E-state index is 11.9. The van der Waals surface area contributed by atoms with Crippen LogP contribution in [0.3, 0.4) is 0 Å². The summed E-state index contributed by atoms with van der Waals surface area (Å²) in [5, 5.41) is 13.7. The maximum atomic E-state index is 11.9. The molecule has 2 N–H and O–H groups in total. The molecule has 1 amide bonds. The minimum atomic E-state index is -0.369. The second-order valence-corrected chi connectivity index (χ2v) is 6.45. The number of aromatic nitrogens is 3. The summed E-state index contributed by atoms with van der Waals surface area (Å²) in [7, 11) is 0. The zero-order valence-electron chi connectivity index (χ0n) is 14.0. The van der Waals surface area contributed by atoms with Crippen LogP contribution in [0.1, 0.15) is 54.6 Å². The number of rotatable bonds is 5. The van der Waals surface area contributed by atoms with Crippen LogP contribution in [0, 0.1) is 6.92 Å². The quantitative estimate of drug-likeness (QED) is 0.883. The van der Waals surface area contributed by atoms with Crippen LogP contribution in [-0.2, 0) is 17.8 Å². The van der Waals surface area contributed by atoms with Gasteiger partial charge in [-0.25, -0.2) is 4.79 Å².